The van der Waals surface area contributed by atoms with E-state index in [1.54, 1.807) is 13.0 Å². The lowest BCUT2D eigenvalue weighted by molar-refractivity contribution is -0.169. The maximum atomic E-state index is 14.9. The summed E-state index contributed by atoms with van der Waals surface area (Å²) in [6.07, 6.45) is -3.88. The third-order valence-electron chi connectivity index (χ3n) is 4.81. The van der Waals surface area contributed by atoms with E-state index in [-0.39, 0.29) is 0 Å². The van der Waals surface area contributed by atoms with Crippen molar-refractivity contribution >= 4 is 11.0 Å². The van der Waals surface area contributed by atoms with Crippen LogP contribution in [0, 0.1) is 12.7 Å². The van der Waals surface area contributed by atoms with Crippen molar-refractivity contribution in [2.24, 2.45) is 0 Å². The number of halogens is 3. The molecular formula is C18H16F3N3O3. The van der Waals surface area contributed by atoms with Crippen LogP contribution in [0.25, 0.3) is 11.0 Å². The average molecular weight is 379 g/mol. The maximum Gasteiger partial charge on any atom is 0.301 e. The Morgan fingerprint density at radius 2 is 1.78 bits per heavy atom. The predicted octanol–water partition coefficient (Wildman–Crippen LogP) is 2.29. The molecule has 27 heavy (non-hydrogen) atoms. The van der Waals surface area contributed by atoms with E-state index in [2.05, 4.69) is 9.97 Å². The van der Waals surface area contributed by atoms with Crippen molar-refractivity contribution in [2.45, 2.75) is 37.4 Å². The van der Waals surface area contributed by atoms with E-state index in [4.69, 9.17) is 4.74 Å². The molecule has 1 aliphatic rings. The third kappa shape index (κ3) is 2.78. The summed E-state index contributed by atoms with van der Waals surface area (Å²) >= 11 is 0. The molecule has 2 N–H and O–H groups in total. The number of nitrogens with zero attached hydrogens (tertiary/aromatic N) is 3. The Bertz CT molecular complexity index is 977. The standard InChI is InChI=1S/C18H16F3N3O3/c1-9-12-6-7-24(16(12)23-8-22-9)17-14(26)13(25)15(27-17)18(20,21)10-2-4-11(19)5-3-10/h2-8,13-15,17,25-26H,1H3/t13-,14+,15?,17+/m0/s1. The largest absolute Gasteiger partial charge is 0.387 e. The topological polar surface area (TPSA) is 80.4 Å². The Hall–Kier alpha value is -2.49. The molecule has 1 saturated heterocycles. The minimum absolute atomic E-state index is 0.393. The molecule has 0 radical (unpaired) electrons. The van der Waals surface area contributed by atoms with Gasteiger partial charge in [0.1, 0.15) is 30.0 Å². The van der Waals surface area contributed by atoms with Gasteiger partial charge in [-0.3, -0.25) is 0 Å². The van der Waals surface area contributed by atoms with Crippen molar-refractivity contribution < 1.29 is 28.1 Å². The lowest BCUT2D eigenvalue weighted by Gasteiger charge is -2.25. The van der Waals surface area contributed by atoms with Gasteiger partial charge in [0.25, 0.3) is 0 Å². The molecule has 0 aliphatic carbocycles. The van der Waals surface area contributed by atoms with Crippen LogP contribution >= 0.6 is 0 Å². The number of aromatic nitrogens is 3. The molecule has 1 unspecified atom stereocenters. The van der Waals surface area contributed by atoms with Crippen LogP contribution < -0.4 is 0 Å². The molecule has 3 heterocycles. The zero-order chi connectivity index (χ0) is 19.3. The first-order chi connectivity index (χ1) is 12.8. The Morgan fingerprint density at radius 3 is 2.48 bits per heavy atom. The summed E-state index contributed by atoms with van der Waals surface area (Å²) in [5.41, 5.74) is 0.556. The number of aliphatic hydroxyl groups excluding tert-OH is 2. The minimum atomic E-state index is -3.64. The van der Waals surface area contributed by atoms with Crippen LogP contribution in [0.1, 0.15) is 17.5 Å². The first kappa shape index (κ1) is 17.9. The molecule has 0 spiro atoms. The van der Waals surface area contributed by atoms with Crippen molar-refractivity contribution in [3.63, 3.8) is 0 Å². The average Bonchev–Trinajstić information content (AvgIpc) is 3.19. The summed E-state index contributed by atoms with van der Waals surface area (Å²) in [4.78, 5) is 8.17. The molecule has 4 rings (SSSR count). The van der Waals surface area contributed by atoms with Gasteiger partial charge >= 0.3 is 5.92 Å². The van der Waals surface area contributed by atoms with Gasteiger partial charge in [0.15, 0.2) is 12.3 Å². The SMILES string of the molecule is Cc1ncnc2c1ccn2[C@@H]1OC(C(F)(F)c2ccc(F)cc2)[C@@H](O)[C@H]1O. The third-order valence-corrected chi connectivity index (χ3v) is 4.81. The smallest absolute Gasteiger partial charge is 0.301 e. The lowest BCUT2D eigenvalue weighted by atomic mass is 9.98. The molecule has 0 bridgehead atoms. The van der Waals surface area contributed by atoms with Crippen LogP contribution in [0.3, 0.4) is 0 Å². The quantitative estimate of drug-likeness (QED) is 0.730. The lowest BCUT2D eigenvalue weighted by Crippen LogP contribution is -2.41. The second-order valence-electron chi connectivity index (χ2n) is 6.48. The van der Waals surface area contributed by atoms with E-state index in [0.717, 1.165) is 24.3 Å². The van der Waals surface area contributed by atoms with E-state index in [0.29, 0.717) is 16.7 Å². The molecule has 1 aromatic carbocycles. The van der Waals surface area contributed by atoms with Crippen LogP contribution in [0.15, 0.2) is 42.9 Å². The van der Waals surface area contributed by atoms with E-state index in [1.165, 1.54) is 17.1 Å². The summed E-state index contributed by atoms with van der Waals surface area (Å²) in [6.45, 7) is 1.76. The number of benzene rings is 1. The van der Waals surface area contributed by atoms with E-state index in [1.807, 2.05) is 0 Å². The number of aryl methyl sites for hydroxylation is 1. The number of rotatable bonds is 3. The summed E-state index contributed by atoms with van der Waals surface area (Å²) in [7, 11) is 0. The molecule has 1 fully saturated rings. The summed E-state index contributed by atoms with van der Waals surface area (Å²) < 4.78 is 49.5. The van der Waals surface area contributed by atoms with Crippen molar-refractivity contribution in [3.8, 4) is 0 Å². The zero-order valence-electron chi connectivity index (χ0n) is 14.1. The fraction of sp³-hybridized carbons (Fsp3) is 0.333. The number of hydrogen-bond acceptors (Lipinski definition) is 5. The van der Waals surface area contributed by atoms with Crippen molar-refractivity contribution in [2.75, 3.05) is 0 Å². The zero-order valence-corrected chi connectivity index (χ0v) is 14.1. The molecule has 142 valence electrons. The first-order valence-electron chi connectivity index (χ1n) is 8.24. The van der Waals surface area contributed by atoms with E-state index in [9.17, 15) is 23.4 Å². The molecule has 4 atom stereocenters. The maximum absolute atomic E-state index is 14.9. The van der Waals surface area contributed by atoms with Crippen molar-refractivity contribution in [3.05, 3.63) is 59.9 Å². The Balaban J connectivity index is 1.70. The Morgan fingerprint density at radius 1 is 1.07 bits per heavy atom. The summed E-state index contributed by atoms with van der Waals surface area (Å²) in [6, 6.07) is 5.33. The molecule has 1 aliphatic heterocycles. The van der Waals surface area contributed by atoms with Gasteiger partial charge in [0.05, 0.1) is 5.69 Å². The minimum Gasteiger partial charge on any atom is -0.387 e. The molecular weight excluding hydrogens is 363 g/mol. The van der Waals surface area contributed by atoms with Gasteiger partial charge in [-0.25, -0.2) is 14.4 Å². The highest BCUT2D eigenvalue weighted by Crippen LogP contribution is 2.43. The number of aliphatic hydroxyl groups is 2. The monoisotopic (exact) mass is 379 g/mol. The van der Waals surface area contributed by atoms with Gasteiger partial charge in [-0.1, -0.05) is 12.1 Å². The van der Waals surface area contributed by atoms with Crippen LogP contribution in [0.2, 0.25) is 0 Å². The molecule has 3 aromatic rings. The summed E-state index contributed by atoms with van der Waals surface area (Å²) in [5.74, 6) is -4.30. The number of hydrogen-bond donors (Lipinski definition) is 2. The fourth-order valence-electron chi connectivity index (χ4n) is 3.33. The highest BCUT2D eigenvalue weighted by atomic mass is 19.3. The van der Waals surface area contributed by atoms with Crippen molar-refractivity contribution in [1.82, 2.24) is 14.5 Å². The Kier molecular flexibility index (Phi) is 4.17. The molecule has 0 amide bonds. The number of ether oxygens (including phenoxy) is 1. The van der Waals surface area contributed by atoms with Crippen molar-refractivity contribution in [1.29, 1.82) is 0 Å². The number of alkyl halides is 2. The van der Waals surface area contributed by atoms with Gasteiger partial charge in [-0.15, -0.1) is 0 Å². The highest BCUT2D eigenvalue weighted by molar-refractivity contribution is 5.78. The van der Waals surface area contributed by atoms with Crippen LogP contribution in [-0.4, -0.2) is 43.1 Å². The van der Waals surface area contributed by atoms with E-state index < -0.39 is 41.8 Å². The van der Waals surface area contributed by atoms with Crippen LogP contribution in [0.4, 0.5) is 13.2 Å². The second-order valence-corrected chi connectivity index (χ2v) is 6.48. The summed E-state index contributed by atoms with van der Waals surface area (Å²) in [5, 5.41) is 21.3. The van der Waals surface area contributed by atoms with Gasteiger partial charge in [0.2, 0.25) is 0 Å². The number of fused-ring (bicyclic) bond motifs is 1. The van der Waals surface area contributed by atoms with Crippen LogP contribution in [-0.2, 0) is 10.7 Å². The van der Waals surface area contributed by atoms with Crippen LogP contribution in [0.5, 0.6) is 0 Å². The van der Waals surface area contributed by atoms with Gasteiger partial charge in [0, 0.05) is 17.1 Å². The highest BCUT2D eigenvalue weighted by Gasteiger charge is 2.56. The molecule has 0 saturated carbocycles. The molecule has 6 nitrogen and oxygen atoms in total. The first-order valence-corrected chi connectivity index (χ1v) is 8.24. The van der Waals surface area contributed by atoms with Gasteiger partial charge in [-0.2, -0.15) is 8.78 Å². The Labute approximate surface area is 151 Å². The second kappa shape index (κ2) is 6.29. The molecule has 2 aromatic heterocycles. The van der Waals surface area contributed by atoms with Gasteiger partial charge < -0.3 is 19.5 Å². The fourth-order valence-corrected chi connectivity index (χ4v) is 3.33. The molecule has 9 heteroatoms. The predicted molar refractivity (Wildman–Crippen MR) is 88.5 cm³/mol. The van der Waals surface area contributed by atoms with Gasteiger partial charge in [-0.05, 0) is 25.1 Å². The van der Waals surface area contributed by atoms with E-state index >= 15 is 0 Å². The normalized spacial score (nSPS) is 26.0.